The number of hydrogen-bond acceptors (Lipinski definition) is 1. The van der Waals surface area contributed by atoms with Gasteiger partial charge in [0.15, 0.2) is 0 Å². The SMILES string of the molecule is CC.CC(C)C(C)(C)CC1(C(C)(C)C(C)(C)O)CC1. The maximum atomic E-state index is 10.5. The standard InChI is InChI=1S/C16H32O.C2H6/c1-12(2)13(3,4)11-16(9-10-16)14(5,6)15(7,8)17;1-2/h12,17H,9-11H2,1-8H3;1-2H3. The second kappa shape index (κ2) is 5.76. The van der Waals surface area contributed by atoms with Crippen molar-refractivity contribution in [3.8, 4) is 0 Å². The van der Waals surface area contributed by atoms with Crippen molar-refractivity contribution in [3.05, 3.63) is 0 Å². The second-order valence-electron chi connectivity index (χ2n) is 8.28. The molecule has 0 saturated heterocycles. The zero-order chi connectivity index (χ0) is 15.7. The molecular formula is C18H38O. The monoisotopic (exact) mass is 270 g/mol. The van der Waals surface area contributed by atoms with Gasteiger partial charge in [-0.2, -0.15) is 0 Å². The summed E-state index contributed by atoms with van der Waals surface area (Å²) in [6, 6.07) is 0. The fourth-order valence-electron chi connectivity index (χ4n) is 2.90. The summed E-state index contributed by atoms with van der Waals surface area (Å²) in [7, 11) is 0. The Morgan fingerprint density at radius 1 is 0.947 bits per heavy atom. The summed E-state index contributed by atoms with van der Waals surface area (Å²) in [4.78, 5) is 0. The Hall–Kier alpha value is -0.0400. The van der Waals surface area contributed by atoms with E-state index in [4.69, 9.17) is 0 Å². The van der Waals surface area contributed by atoms with Gasteiger partial charge in [0, 0.05) is 0 Å². The lowest BCUT2D eigenvalue weighted by Gasteiger charge is -2.48. The van der Waals surface area contributed by atoms with Crippen LogP contribution in [0.1, 0.15) is 88.5 Å². The van der Waals surface area contributed by atoms with Crippen LogP contribution in [0.2, 0.25) is 0 Å². The highest BCUT2D eigenvalue weighted by atomic mass is 16.3. The van der Waals surface area contributed by atoms with E-state index in [0.29, 0.717) is 16.7 Å². The van der Waals surface area contributed by atoms with Crippen LogP contribution in [0.4, 0.5) is 0 Å². The molecule has 116 valence electrons. The zero-order valence-electron chi connectivity index (χ0n) is 15.1. The molecule has 1 saturated carbocycles. The minimum Gasteiger partial charge on any atom is -0.390 e. The van der Waals surface area contributed by atoms with Gasteiger partial charge in [-0.3, -0.25) is 0 Å². The molecular weight excluding hydrogens is 232 g/mol. The smallest absolute Gasteiger partial charge is 0.0647 e. The molecule has 1 nitrogen and oxygen atoms in total. The minimum atomic E-state index is -0.601. The van der Waals surface area contributed by atoms with E-state index in [2.05, 4.69) is 41.5 Å². The maximum absolute atomic E-state index is 10.5. The van der Waals surface area contributed by atoms with E-state index in [9.17, 15) is 5.11 Å². The van der Waals surface area contributed by atoms with Gasteiger partial charge in [0.05, 0.1) is 5.60 Å². The van der Waals surface area contributed by atoms with Crippen molar-refractivity contribution in [3.63, 3.8) is 0 Å². The predicted octanol–water partition coefficient (Wildman–Crippen LogP) is 5.66. The molecule has 0 bridgehead atoms. The maximum Gasteiger partial charge on any atom is 0.0647 e. The first-order valence-electron chi connectivity index (χ1n) is 8.08. The third-order valence-corrected chi connectivity index (χ3v) is 6.07. The molecule has 0 aliphatic heterocycles. The highest BCUT2D eigenvalue weighted by Crippen LogP contribution is 2.67. The highest BCUT2D eigenvalue weighted by molar-refractivity contribution is 5.10. The summed E-state index contributed by atoms with van der Waals surface area (Å²) in [6.07, 6.45) is 3.79. The first kappa shape index (κ1) is 19.0. The van der Waals surface area contributed by atoms with Crippen LogP contribution in [0.5, 0.6) is 0 Å². The number of aliphatic hydroxyl groups is 1. The van der Waals surface area contributed by atoms with Gasteiger partial charge in [0.25, 0.3) is 0 Å². The molecule has 0 radical (unpaired) electrons. The Kier molecular flexibility index (Phi) is 5.74. The van der Waals surface area contributed by atoms with E-state index in [1.165, 1.54) is 19.3 Å². The van der Waals surface area contributed by atoms with Crippen LogP contribution < -0.4 is 0 Å². The lowest BCUT2D eigenvalue weighted by Crippen LogP contribution is -2.47. The molecule has 0 amide bonds. The molecule has 0 spiro atoms. The Bertz CT molecular complexity index is 275. The van der Waals surface area contributed by atoms with Crippen LogP contribution in [0, 0.1) is 22.2 Å². The van der Waals surface area contributed by atoms with Crippen molar-refractivity contribution in [2.75, 3.05) is 0 Å². The van der Waals surface area contributed by atoms with Gasteiger partial charge in [-0.05, 0) is 55.3 Å². The van der Waals surface area contributed by atoms with Crippen LogP contribution in [-0.4, -0.2) is 10.7 Å². The summed E-state index contributed by atoms with van der Waals surface area (Å²) in [5.41, 5.74) is 0.0980. The molecule has 0 atom stereocenters. The normalized spacial score (nSPS) is 18.9. The molecule has 0 aromatic heterocycles. The minimum absolute atomic E-state index is 0.00778. The Morgan fingerprint density at radius 2 is 1.32 bits per heavy atom. The molecule has 1 fully saturated rings. The number of hydrogen-bond donors (Lipinski definition) is 1. The molecule has 0 aromatic rings. The van der Waals surface area contributed by atoms with Crippen LogP contribution in [0.3, 0.4) is 0 Å². The zero-order valence-corrected chi connectivity index (χ0v) is 15.1. The fraction of sp³-hybridized carbons (Fsp3) is 1.00. The third kappa shape index (κ3) is 3.74. The average Bonchev–Trinajstić information content (AvgIpc) is 2.99. The van der Waals surface area contributed by atoms with Crippen molar-refractivity contribution in [1.29, 1.82) is 0 Å². The predicted molar refractivity (Wildman–Crippen MR) is 86.3 cm³/mol. The topological polar surface area (TPSA) is 20.2 Å². The second-order valence-corrected chi connectivity index (χ2v) is 8.28. The molecule has 0 aromatic carbocycles. The van der Waals surface area contributed by atoms with Crippen molar-refractivity contribution in [2.24, 2.45) is 22.2 Å². The van der Waals surface area contributed by atoms with Crippen LogP contribution in [-0.2, 0) is 0 Å². The van der Waals surface area contributed by atoms with E-state index < -0.39 is 5.60 Å². The van der Waals surface area contributed by atoms with Gasteiger partial charge in [0.1, 0.15) is 0 Å². The molecule has 0 unspecified atom stereocenters. The van der Waals surface area contributed by atoms with Crippen molar-refractivity contribution in [2.45, 2.75) is 94.1 Å². The van der Waals surface area contributed by atoms with Gasteiger partial charge in [-0.25, -0.2) is 0 Å². The van der Waals surface area contributed by atoms with E-state index in [1.807, 2.05) is 27.7 Å². The van der Waals surface area contributed by atoms with Crippen molar-refractivity contribution in [1.82, 2.24) is 0 Å². The van der Waals surface area contributed by atoms with E-state index in [-0.39, 0.29) is 5.41 Å². The van der Waals surface area contributed by atoms with Gasteiger partial charge in [-0.15, -0.1) is 0 Å². The van der Waals surface area contributed by atoms with Crippen molar-refractivity contribution >= 4 is 0 Å². The lowest BCUT2D eigenvalue weighted by molar-refractivity contribution is -0.0911. The van der Waals surface area contributed by atoms with Gasteiger partial charge in [-0.1, -0.05) is 55.4 Å². The molecule has 1 aliphatic carbocycles. The first-order chi connectivity index (χ1) is 8.36. The highest BCUT2D eigenvalue weighted by Gasteiger charge is 2.60. The Labute approximate surface area is 122 Å². The molecule has 1 aliphatic rings. The fourth-order valence-corrected chi connectivity index (χ4v) is 2.90. The van der Waals surface area contributed by atoms with Gasteiger partial charge < -0.3 is 5.11 Å². The molecule has 0 heterocycles. The summed E-state index contributed by atoms with van der Waals surface area (Å²) in [6.45, 7) is 21.8. The number of rotatable bonds is 5. The largest absolute Gasteiger partial charge is 0.390 e. The summed E-state index contributed by atoms with van der Waals surface area (Å²) in [5, 5.41) is 10.5. The molecule has 1 N–H and O–H groups in total. The summed E-state index contributed by atoms with van der Waals surface area (Å²) >= 11 is 0. The van der Waals surface area contributed by atoms with E-state index in [1.54, 1.807) is 0 Å². The Balaban J connectivity index is 0.00000154. The molecule has 19 heavy (non-hydrogen) atoms. The summed E-state index contributed by atoms with van der Waals surface area (Å²) in [5.74, 6) is 0.692. The first-order valence-corrected chi connectivity index (χ1v) is 8.08. The van der Waals surface area contributed by atoms with Crippen LogP contribution in [0.15, 0.2) is 0 Å². The quantitative estimate of drug-likeness (QED) is 0.683. The Morgan fingerprint density at radius 3 is 1.53 bits per heavy atom. The van der Waals surface area contributed by atoms with E-state index in [0.717, 1.165) is 0 Å². The average molecular weight is 271 g/mol. The molecule has 1 rings (SSSR count). The van der Waals surface area contributed by atoms with Crippen molar-refractivity contribution < 1.29 is 5.11 Å². The third-order valence-electron chi connectivity index (χ3n) is 6.07. The van der Waals surface area contributed by atoms with E-state index >= 15 is 0 Å². The summed E-state index contributed by atoms with van der Waals surface area (Å²) < 4.78 is 0. The van der Waals surface area contributed by atoms with Crippen LogP contribution >= 0.6 is 0 Å². The van der Waals surface area contributed by atoms with Gasteiger partial charge in [0.2, 0.25) is 0 Å². The van der Waals surface area contributed by atoms with Gasteiger partial charge >= 0.3 is 0 Å². The van der Waals surface area contributed by atoms with Crippen LogP contribution in [0.25, 0.3) is 0 Å². The lowest BCUT2D eigenvalue weighted by atomic mass is 9.59. The molecule has 1 heteroatoms.